The van der Waals surface area contributed by atoms with Crippen LogP contribution in [0.15, 0.2) is 29.6 Å². The zero-order valence-electron chi connectivity index (χ0n) is 11.8. The van der Waals surface area contributed by atoms with Gasteiger partial charge in [0, 0.05) is 30.7 Å². The molecule has 0 atom stereocenters. The molecular weight excluding hydrogens is 288 g/mol. The fourth-order valence-corrected chi connectivity index (χ4v) is 2.47. The first kappa shape index (κ1) is 15.0. The van der Waals surface area contributed by atoms with Crippen LogP contribution in [0.25, 0.3) is 11.3 Å². The fourth-order valence-electron chi connectivity index (χ4n) is 1.68. The first-order valence-corrected chi connectivity index (χ1v) is 7.15. The summed E-state index contributed by atoms with van der Waals surface area (Å²) < 4.78 is 0. The lowest BCUT2D eigenvalue weighted by atomic mass is 10.1. The van der Waals surface area contributed by atoms with E-state index in [1.54, 1.807) is 31.1 Å². The minimum atomic E-state index is -0.596. The van der Waals surface area contributed by atoms with E-state index in [2.05, 4.69) is 10.3 Å². The molecule has 1 aromatic heterocycles. The van der Waals surface area contributed by atoms with Crippen molar-refractivity contribution in [1.29, 1.82) is 0 Å². The van der Waals surface area contributed by atoms with Gasteiger partial charge in [0.1, 0.15) is 5.01 Å². The summed E-state index contributed by atoms with van der Waals surface area (Å²) >= 11 is 1.46. The first-order valence-electron chi connectivity index (χ1n) is 6.27. The Hall–Kier alpha value is -2.41. The van der Waals surface area contributed by atoms with E-state index in [1.165, 1.54) is 11.3 Å². The zero-order valence-corrected chi connectivity index (χ0v) is 12.6. The van der Waals surface area contributed by atoms with Crippen molar-refractivity contribution >= 4 is 29.0 Å². The molecule has 21 heavy (non-hydrogen) atoms. The van der Waals surface area contributed by atoms with E-state index in [9.17, 15) is 9.59 Å². The lowest BCUT2D eigenvalue weighted by Crippen LogP contribution is -2.23. The first-order chi connectivity index (χ1) is 9.95. The number of carbonyl (C=O) groups excluding carboxylic acids is 2. The maximum Gasteiger partial charge on any atom is 0.316 e. The summed E-state index contributed by atoms with van der Waals surface area (Å²) in [6.45, 7) is 0. The molecule has 2 aromatic rings. The van der Waals surface area contributed by atoms with Gasteiger partial charge in [-0.2, -0.15) is 0 Å². The highest BCUT2D eigenvalue weighted by Crippen LogP contribution is 2.23. The van der Waals surface area contributed by atoms with Crippen LogP contribution in [-0.4, -0.2) is 35.9 Å². The van der Waals surface area contributed by atoms with Gasteiger partial charge in [-0.15, -0.1) is 11.3 Å². The lowest BCUT2D eigenvalue weighted by molar-refractivity contribution is -0.127. The van der Waals surface area contributed by atoms with E-state index < -0.39 is 6.03 Å². The van der Waals surface area contributed by atoms with Crippen molar-refractivity contribution in [2.24, 2.45) is 5.73 Å². The molecule has 0 aliphatic rings. The number of rotatable bonds is 4. The maximum absolute atomic E-state index is 11.6. The van der Waals surface area contributed by atoms with Crippen LogP contribution in [0.1, 0.15) is 5.01 Å². The SMILES string of the molecule is CN(C)C(=O)Cc1nc(-c2ccc(NC(N)=O)cc2)cs1. The number of nitrogens with one attached hydrogen (secondary N) is 1. The van der Waals surface area contributed by atoms with Crippen LogP contribution >= 0.6 is 11.3 Å². The van der Waals surface area contributed by atoms with Gasteiger partial charge in [-0.05, 0) is 12.1 Å². The molecule has 7 heteroatoms. The van der Waals surface area contributed by atoms with E-state index in [0.717, 1.165) is 16.3 Å². The molecule has 0 saturated heterocycles. The van der Waals surface area contributed by atoms with E-state index in [-0.39, 0.29) is 5.91 Å². The molecule has 1 aromatic carbocycles. The number of thiazole rings is 1. The van der Waals surface area contributed by atoms with Crippen LogP contribution in [0.2, 0.25) is 0 Å². The number of likely N-dealkylation sites (N-methyl/N-ethyl adjacent to an activating group) is 1. The second kappa shape index (κ2) is 6.36. The molecule has 1 heterocycles. The van der Waals surface area contributed by atoms with Crippen molar-refractivity contribution in [3.8, 4) is 11.3 Å². The molecule has 110 valence electrons. The summed E-state index contributed by atoms with van der Waals surface area (Å²) in [5.74, 6) is 0.0249. The van der Waals surface area contributed by atoms with Gasteiger partial charge in [0.05, 0.1) is 12.1 Å². The van der Waals surface area contributed by atoms with E-state index in [0.29, 0.717) is 12.1 Å². The van der Waals surface area contributed by atoms with E-state index in [4.69, 9.17) is 5.73 Å². The molecule has 2 rings (SSSR count). The number of benzene rings is 1. The highest BCUT2D eigenvalue weighted by molar-refractivity contribution is 7.10. The molecule has 6 nitrogen and oxygen atoms in total. The Kier molecular flexibility index (Phi) is 4.54. The molecular formula is C14H16N4O2S. The van der Waals surface area contributed by atoms with Crippen LogP contribution in [-0.2, 0) is 11.2 Å². The molecule has 0 saturated carbocycles. The summed E-state index contributed by atoms with van der Waals surface area (Å²) in [5, 5.41) is 5.19. The molecule has 0 bridgehead atoms. The predicted octanol–water partition coefficient (Wildman–Crippen LogP) is 1.93. The number of hydrogen-bond donors (Lipinski definition) is 2. The van der Waals surface area contributed by atoms with Crippen LogP contribution in [0.5, 0.6) is 0 Å². The maximum atomic E-state index is 11.6. The highest BCUT2D eigenvalue weighted by Gasteiger charge is 2.10. The van der Waals surface area contributed by atoms with Crippen LogP contribution in [0, 0.1) is 0 Å². The van der Waals surface area contributed by atoms with Crippen LogP contribution < -0.4 is 11.1 Å². The number of anilines is 1. The van der Waals surface area contributed by atoms with Gasteiger partial charge in [0.15, 0.2) is 0 Å². The van der Waals surface area contributed by atoms with E-state index in [1.807, 2.05) is 17.5 Å². The van der Waals surface area contributed by atoms with Gasteiger partial charge in [-0.25, -0.2) is 9.78 Å². The molecule has 0 aliphatic heterocycles. The van der Waals surface area contributed by atoms with Crippen LogP contribution in [0.3, 0.4) is 0 Å². The Balaban J connectivity index is 2.10. The van der Waals surface area contributed by atoms with Crippen molar-refractivity contribution < 1.29 is 9.59 Å². The monoisotopic (exact) mass is 304 g/mol. The zero-order chi connectivity index (χ0) is 15.4. The second-order valence-corrected chi connectivity index (χ2v) is 5.60. The number of hydrogen-bond acceptors (Lipinski definition) is 4. The Bertz CT molecular complexity index is 649. The average Bonchev–Trinajstić information content (AvgIpc) is 2.87. The quantitative estimate of drug-likeness (QED) is 0.904. The van der Waals surface area contributed by atoms with Crippen LogP contribution in [0.4, 0.5) is 10.5 Å². The molecule has 0 spiro atoms. The summed E-state index contributed by atoms with van der Waals surface area (Å²) in [4.78, 5) is 28.4. The van der Waals surface area contributed by atoms with Gasteiger partial charge in [-0.1, -0.05) is 12.1 Å². The third kappa shape index (κ3) is 4.03. The van der Waals surface area contributed by atoms with Gasteiger partial charge in [0.25, 0.3) is 0 Å². The Morgan fingerprint density at radius 2 is 1.95 bits per heavy atom. The minimum Gasteiger partial charge on any atom is -0.351 e. The number of nitrogens with zero attached hydrogens (tertiary/aromatic N) is 2. The average molecular weight is 304 g/mol. The number of primary amides is 1. The van der Waals surface area contributed by atoms with Crippen molar-refractivity contribution in [2.45, 2.75) is 6.42 Å². The summed E-state index contributed by atoms with van der Waals surface area (Å²) in [6.07, 6.45) is 0.305. The number of aromatic nitrogens is 1. The second-order valence-electron chi connectivity index (χ2n) is 4.66. The number of nitrogens with two attached hydrogens (primary N) is 1. The van der Waals surface area contributed by atoms with Gasteiger partial charge in [-0.3, -0.25) is 4.79 Å². The third-order valence-electron chi connectivity index (χ3n) is 2.80. The standard InChI is InChI=1S/C14H16N4O2S/c1-18(2)13(19)7-12-17-11(8-21-12)9-3-5-10(6-4-9)16-14(15)20/h3-6,8H,7H2,1-2H3,(H3,15,16,20). The number of amides is 3. The molecule has 0 radical (unpaired) electrons. The summed E-state index contributed by atoms with van der Waals surface area (Å²) in [6, 6.07) is 6.60. The Morgan fingerprint density at radius 1 is 1.29 bits per heavy atom. The topological polar surface area (TPSA) is 88.3 Å². The van der Waals surface area contributed by atoms with Gasteiger partial charge in [0.2, 0.25) is 5.91 Å². The largest absolute Gasteiger partial charge is 0.351 e. The normalized spacial score (nSPS) is 10.2. The van der Waals surface area contributed by atoms with Crippen molar-refractivity contribution in [3.05, 3.63) is 34.7 Å². The predicted molar refractivity (Wildman–Crippen MR) is 83.2 cm³/mol. The fraction of sp³-hybridized carbons (Fsp3) is 0.214. The van der Waals surface area contributed by atoms with Crippen molar-refractivity contribution in [1.82, 2.24) is 9.88 Å². The van der Waals surface area contributed by atoms with E-state index >= 15 is 0 Å². The molecule has 3 amide bonds. The minimum absolute atomic E-state index is 0.0249. The van der Waals surface area contributed by atoms with Crippen molar-refractivity contribution in [3.63, 3.8) is 0 Å². The Labute approximate surface area is 126 Å². The third-order valence-corrected chi connectivity index (χ3v) is 3.65. The lowest BCUT2D eigenvalue weighted by Gasteiger charge is -2.07. The molecule has 0 aliphatic carbocycles. The summed E-state index contributed by atoms with van der Waals surface area (Å²) in [5.41, 5.74) is 7.41. The number of carbonyl (C=O) groups is 2. The molecule has 0 unspecified atom stereocenters. The van der Waals surface area contributed by atoms with Gasteiger partial charge >= 0.3 is 6.03 Å². The molecule has 0 fully saturated rings. The Morgan fingerprint density at radius 3 is 2.52 bits per heavy atom. The molecule has 3 N–H and O–H groups in total. The highest BCUT2D eigenvalue weighted by atomic mass is 32.1. The van der Waals surface area contributed by atoms with Gasteiger partial charge < -0.3 is 16.0 Å². The smallest absolute Gasteiger partial charge is 0.316 e. The number of urea groups is 1. The van der Waals surface area contributed by atoms with Crippen molar-refractivity contribution in [2.75, 3.05) is 19.4 Å². The summed E-state index contributed by atoms with van der Waals surface area (Å²) in [7, 11) is 3.45.